The van der Waals surface area contributed by atoms with Gasteiger partial charge in [-0.2, -0.15) is 0 Å². The summed E-state index contributed by atoms with van der Waals surface area (Å²) >= 11 is 8.32. The van der Waals surface area contributed by atoms with Gasteiger partial charge in [-0.3, -0.25) is 19.3 Å². The molecule has 2 aromatic rings. The number of oxime groups is 1. The average Bonchev–Trinajstić information content (AvgIpc) is 3.54. The first-order valence-electron chi connectivity index (χ1n) is 15.5. The van der Waals surface area contributed by atoms with E-state index in [1.807, 2.05) is 0 Å². The second-order valence-corrected chi connectivity index (χ2v) is 14.8. The molecule has 4 heterocycles. The SMILES string of the molecule is Nc1nc(/C(=N/OC2(C(=O)O)CC2)C(=O)N[C@@H]2C(=O)N3C(C(=O)[O-])=C(C[N+]4(CCNC(=O)c5ccc(O)c(O)c5Cl)CCCC4)CS[C@H]23)cs1. The number of aliphatic carboxylic acids is 2. The molecule has 20 heteroatoms. The number of likely N-dealkylation sites (tertiary alicyclic amines) is 1. The van der Waals surface area contributed by atoms with Crippen LogP contribution in [0.5, 0.6) is 11.5 Å². The zero-order valence-electron chi connectivity index (χ0n) is 26.2. The summed E-state index contributed by atoms with van der Waals surface area (Å²) in [4.78, 5) is 74.1. The molecule has 2 atom stereocenters. The van der Waals surface area contributed by atoms with Crippen LogP contribution in [-0.2, 0) is 24.0 Å². The van der Waals surface area contributed by atoms with Crippen LogP contribution >= 0.6 is 34.7 Å². The zero-order chi connectivity index (χ0) is 36.0. The number of nitrogens with two attached hydrogens (primary N) is 1. The molecule has 4 aliphatic rings. The number of aromatic nitrogens is 1. The van der Waals surface area contributed by atoms with E-state index in [-0.39, 0.29) is 64.5 Å². The minimum absolute atomic E-state index is 0.0155. The first kappa shape index (κ1) is 35.2. The molecule has 50 heavy (non-hydrogen) atoms. The van der Waals surface area contributed by atoms with Crippen LogP contribution in [0.3, 0.4) is 0 Å². The highest BCUT2D eigenvalue weighted by Crippen LogP contribution is 2.42. The number of thioether (sulfide) groups is 1. The lowest BCUT2D eigenvalue weighted by atomic mass is 10.0. The summed E-state index contributed by atoms with van der Waals surface area (Å²) in [6, 6.07) is 1.32. The fraction of sp³-hybridized carbons (Fsp3) is 0.433. The number of nitrogen functional groups attached to an aromatic ring is 1. The second-order valence-electron chi connectivity index (χ2n) is 12.4. The fourth-order valence-corrected chi connectivity index (χ4v) is 8.43. The number of amides is 3. The van der Waals surface area contributed by atoms with Crippen LogP contribution in [0.4, 0.5) is 5.13 Å². The second kappa shape index (κ2) is 13.6. The molecule has 3 aliphatic heterocycles. The summed E-state index contributed by atoms with van der Waals surface area (Å²) in [7, 11) is 0. The molecular weight excluding hydrogens is 718 g/mol. The maximum absolute atomic E-state index is 13.4. The Morgan fingerprint density at radius 2 is 1.94 bits per heavy atom. The van der Waals surface area contributed by atoms with E-state index in [9.17, 15) is 44.4 Å². The van der Waals surface area contributed by atoms with Gasteiger partial charge in [0.05, 0.1) is 48.4 Å². The van der Waals surface area contributed by atoms with Gasteiger partial charge in [-0.15, -0.1) is 23.1 Å². The van der Waals surface area contributed by atoms with Gasteiger partial charge in [0.1, 0.15) is 23.7 Å². The number of halogens is 1. The minimum atomic E-state index is -1.55. The number of thiazole rings is 1. The van der Waals surface area contributed by atoms with Crippen LogP contribution in [0, 0.1) is 0 Å². The number of β-lactam (4-membered cyclic amide) rings is 1. The van der Waals surface area contributed by atoms with Crippen molar-refractivity contribution in [2.24, 2.45) is 5.16 Å². The molecule has 0 spiro atoms. The summed E-state index contributed by atoms with van der Waals surface area (Å²) in [5, 5.41) is 51.1. The average molecular weight is 750 g/mol. The van der Waals surface area contributed by atoms with Crippen molar-refractivity contribution in [3.63, 3.8) is 0 Å². The molecule has 3 fully saturated rings. The van der Waals surface area contributed by atoms with Crippen molar-refractivity contribution in [2.45, 2.75) is 42.7 Å². The number of carboxylic acid groups (broad SMARTS) is 2. The Labute approximate surface area is 297 Å². The Morgan fingerprint density at radius 3 is 2.56 bits per heavy atom. The maximum Gasteiger partial charge on any atom is 0.350 e. The minimum Gasteiger partial charge on any atom is -0.543 e. The van der Waals surface area contributed by atoms with E-state index in [1.54, 1.807) is 0 Å². The summed E-state index contributed by atoms with van der Waals surface area (Å²) in [6.45, 7) is 2.33. The molecule has 0 unspecified atom stereocenters. The van der Waals surface area contributed by atoms with Crippen molar-refractivity contribution in [2.75, 3.05) is 44.2 Å². The van der Waals surface area contributed by atoms with E-state index in [2.05, 4.69) is 20.8 Å². The van der Waals surface area contributed by atoms with Gasteiger partial charge in [-0.05, 0) is 12.1 Å². The molecule has 1 saturated carbocycles. The quantitative estimate of drug-likeness (QED) is 0.0500. The molecule has 7 N–H and O–H groups in total. The van der Waals surface area contributed by atoms with Crippen LogP contribution in [0.25, 0.3) is 0 Å². The molecule has 1 aromatic carbocycles. The third-order valence-electron chi connectivity index (χ3n) is 9.16. The van der Waals surface area contributed by atoms with Gasteiger partial charge in [0.25, 0.3) is 17.7 Å². The van der Waals surface area contributed by atoms with E-state index in [0.29, 0.717) is 29.7 Å². The molecule has 0 bridgehead atoms. The van der Waals surface area contributed by atoms with Crippen molar-refractivity contribution in [1.29, 1.82) is 0 Å². The number of rotatable bonds is 13. The molecule has 2 saturated heterocycles. The number of aromatic hydroxyl groups is 2. The summed E-state index contributed by atoms with van der Waals surface area (Å²) in [6.07, 6.45) is 2.14. The number of carboxylic acids is 2. The van der Waals surface area contributed by atoms with E-state index in [1.165, 1.54) is 23.2 Å². The lowest BCUT2D eigenvalue weighted by Gasteiger charge is -2.51. The molecule has 1 aliphatic carbocycles. The Kier molecular flexibility index (Phi) is 9.59. The molecule has 3 amide bonds. The molecule has 266 valence electrons. The highest BCUT2D eigenvalue weighted by Gasteiger charge is 2.56. The fourth-order valence-electron chi connectivity index (χ4n) is 6.30. The van der Waals surface area contributed by atoms with Crippen LogP contribution in [0.15, 0.2) is 33.9 Å². The Hall–Kier alpha value is -4.59. The number of phenolic OH excluding ortho intramolecular Hbond substituents is 2. The molecular formula is C30H32ClN7O10S2. The number of hydrogen-bond acceptors (Lipinski definition) is 14. The lowest BCUT2D eigenvalue weighted by Crippen LogP contribution is -2.72. The highest BCUT2D eigenvalue weighted by atomic mass is 35.5. The van der Waals surface area contributed by atoms with Crippen LogP contribution in [0.1, 0.15) is 41.7 Å². The maximum atomic E-state index is 13.4. The number of nitrogens with one attached hydrogen (secondary N) is 2. The summed E-state index contributed by atoms with van der Waals surface area (Å²) in [5.74, 6) is -5.71. The number of hydrogen-bond donors (Lipinski definition) is 6. The number of carbonyl (C=O) groups excluding carboxylic acids is 4. The number of phenols is 2. The smallest absolute Gasteiger partial charge is 0.350 e. The van der Waals surface area contributed by atoms with Crippen molar-refractivity contribution in [1.82, 2.24) is 20.5 Å². The van der Waals surface area contributed by atoms with Gasteiger partial charge < -0.3 is 50.9 Å². The largest absolute Gasteiger partial charge is 0.543 e. The van der Waals surface area contributed by atoms with Crippen LogP contribution < -0.4 is 21.5 Å². The van der Waals surface area contributed by atoms with Crippen molar-refractivity contribution < 1.29 is 53.7 Å². The van der Waals surface area contributed by atoms with Gasteiger partial charge in [0.2, 0.25) is 5.60 Å². The Morgan fingerprint density at radius 1 is 1.22 bits per heavy atom. The topological polar surface area (TPSA) is 257 Å². The first-order valence-corrected chi connectivity index (χ1v) is 17.8. The van der Waals surface area contributed by atoms with E-state index >= 15 is 0 Å². The predicted molar refractivity (Wildman–Crippen MR) is 177 cm³/mol. The third kappa shape index (κ3) is 6.64. The molecule has 6 rings (SSSR count). The first-order chi connectivity index (χ1) is 23.8. The number of carbonyl (C=O) groups is 5. The molecule has 17 nitrogen and oxygen atoms in total. The normalized spacial score (nSPS) is 22.0. The third-order valence-corrected chi connectivity index (χ3v) is 11.6. The van der Waals surface area contributed by atoms with Crippen LogP contribution in [0.2, 0.25) is 5.02 Å². The molecule has 1 aromatic heterocycles. The van der Waals surface area contributed by atoms with Gasteiger partial charge in [0.15, 0.2) is 22.3 Å². The number of anilines is 1. The number of benzene rings is 1. The van der Waals surface area contributed by atoms with Gasteiger partial charge in [-0.1, -0.05) is 16.8 Å². The summed E-state index contributed by atoms with van der Waals surface area (Å²) in [5.41, 5.74) is 4.02. The van der Waals surface area contributed by atoms with E-state index < -0.39 is 58.2 Å². The van der Waals surface area contributed by atoms with Crippen molar-refractivity contribution >= 4 is 75.2 Å². The van der Waals surface area contributed by atoms with Gasteiger partial charge in [0, 0.05) is 42.4 Å². The predicted octanol–water partition coefficient (Wildman–Crippen LogP) is -0.428. The number of fused-ring (bicyclic) bond motifs is 1. The monoisotopic (exact) mass is 749 g/mol. The Bertz CT molecular complexity index is 1840. The zero-order valence-corrected chi connectivity index (χ0v) is 28.6. The van der Waals surface area contributed by atoms with E-state index in [4.69, 9.17) is 22.2 Å². The number of quaternary nitrogens is 1. The van der Waals surface area contributed by atoms with E-state index in [0.717, 1.165) is 35.1 Å². The van der Waals surface area contributed by atoms with Crippen LogP contribution in [-0.4, -0.2) is 121 Å². The lowest BCUT2D eigenvalue weighted by molar-refractivity contribution is -0.911. The standard InChI is InChI=1S/C30H32ClN7O10S2/c31-18-15(3-4-17(39)22(18)40)23(41)33-7-10-38(8-1-2-9-38)11-14-12-49-26-20(25(43)37(26)21(14)27(44)45)35-24(42)19(16-13-50-29(32)34-16)36-48-30(5-6-30)28(46)47/h3-4,13,20,26H,1-2,5-12H2,(H7-,32,33,34,35,36,39,40,41,42,44,45,46,47)/t20-,26-/m1/s1. The Balaban J connectivity index is 1.15. The highest BCUT2D eigenvalue weighted by molar-refractivity contribution is 8.00. The number of nitrogens with zero attached hydrogens (tertiary/aromatic N) is 4. The van der Waals surface area contributed by atoms with Gasteiger partial charge in [-0.25, -0.2) is 9.78 Å². The summed E-state index contributed by atoms with van der Waals surface area (Å²) < 4.78 is 0.447. The van der Waals surface area contributed by atoms with Crippen molar-refractivity contribution in [3.8, 4) is 11.5 Å². The van der Waals surface area contributed by atoms with Crippen molar-refractivity contribution in [3.05, 3.63) is 45.1 Å². The van der Waals surface area contributed by atoms with Gasteiger partial charge >= 0.3 is 5.97 Å². The molecule has 0 radical (unpaired) electrons.